The highest BCUT2D eigenvalue weighted by atomic mass is 16.5. The van der Waals surface area contributed by atoms with E-state index in [1.54, 1.807) is 0 Å². The van der Waals surface area contributed by atoms with Crippen molar-refractivity contribution in [3.05, 3.63) is 235 Å². The van der Waals surface area contributed by atoms with Crippen molar-refractivity contribution < 1.29 is 4.74 Å². The van der Waals surface area contributed by atoms with Gasteiger partial charge in [-0.1, -0.05) is 176 Å². The van der Waals surface area contributed by atoms with Crippen LogP contribution in [0.4, 0.5) is 0 Å². The van der Waals surface area contributed by atoms with Gasteiger partial charge in [-0.3, -0.25) is 0 Å². The van der Waals surface area contributed by atoms with Crippen molar-refractivity contribution in [1.29, 1.82) is 0 Å². The zero-order valence-corrected chi connectivity index (χ0v) is 32.1. The average molecular weight is 750 g/mol. The van der Waals surface area contributed by atoms with Crippen LogP contribution in [0.2, 0.25) is 0 Å². The van der Waals surface area contributed by atoms with Crippen LogP contribution in [0, 0.1) is 0 Å². The number of para-hydroxylation sites is 2. The summed E-state index contributed by atoms with van der Waals surface area (Å²) in [6.07, 6.45) is 0. The normalized spacial score (nSPS) is 13.4. The molecule has 0 amide bonds. The van der Waals surface area contributed by atoms with Gasteiger partial charge in [0, 0.05) is 38.4 Å². The van der Waals surface area contributed by atoms with Crippen LogP contribution in [0.25, 0.3) is 82.4 Å². The third-order valence-electron chi connectivity index (χ3n) is 13.1. The Bertz CT molecular complexity index is 3430. The van der Waals surface area contributed by atoms with Crippen LogP contribution in [0.1, 0.15) is 22.3 Å². The van der Waals surface area contributed by atoms with Crippen LogP contribution in [-0.4, -0.2) is 4.57 Å². The third kappa shape index (κ3) is 4.46. The summed E-state index contributed by atoms with van der Waals surface area (Å²) in [6.45, 7) is 0. The second kappa shape index (κ2) is 12.2. The Morgan fingerprint density at radius 1 is 0.322 bits per heavy atom. The van der Waals surface area contributed by atoms with E-state index in [2.05, 4.69) is 217 Å². The maximum absolute atomic E-state index is 7.13. The molecule has 0 radical (unpaired) electrons. The topological polar surface area (TPSA) is 14.2 Å². The highest BCUT2D eigenvalue weighted by Gasteiger charge is 2.51. The molecule has 0 fully saturated rings. The fourth-order valence-electron chi connectivity index (χ4n) is 10.5. The Kier molecular flexibility index (Phi) is 6.68. The minimum absolute atomic E-state index is 0.548. The predicted octanol–water partition coefficient (Wildman–Crippen LogP) is 14.9. The molecule has 274 valence electrons. The Hall–Kier alpha value is -7.68. The Morgan fingerprint density at radius 3 is 1.54 bits per heavy atom. The lowest BCUT2D eigenvalue weighted by atomic mass is 9.65. The zero-order valence-electron chi connectivity index (χ0n) is 32.1. The van der Waals surface area contributed by atoms with Gasteiger partial charge in [-0.25, -0.2) is 0 Å². The minimum atomic E-state index is -0.548. The lowest BCUT2D eigenvalue weighted by Gasteiger charge is -2.40. The molecule has 1 aliphatic heterocycles. The largest absolute Gasteiger partial charge is 0.455 e. The molecule has 2 nitrogen and oxygen atoms in total. The molecule has 0 atom stereocenters. The summed E-state index contributed by atoms with van der Waals surface area (Å²) < 4.78 is 9.50. The van der Waals surface area contributed by atoms with Crippen LogP contribution >= 0.6 is 0 Å². The summed E-state index contributed by atoms with van der Waals surface area (Å²) in [5.74, 6) is 1.88. The summed E-state index contributed by atoms with van der Waals surface area (Å²) >= 11 is 0. The van der Waals surface area contributed by atoms with Crippen molar-refractivity contribution in [2.24, 2.45) is 0 Å². The predicted molar refractivity (Wildman–Crippen MR) is 244 cm³/mol. The fraction of sp³-hybridized carbons (Fsp3) is 0.0175. The highest BCUT2D eigenvalue weighted by molar-refractivity contribution is 6.10. The highest BCUT2D eigenvalue weighted by Crippen LogP contribution is 2.64. The van der Waals surface area contributed by atoms with Crippen molar-refractivity contribution in [3.63, 3.8) is 0 Å². The molecule has 2 heteroatoms. The van der Waals surface area contributed by atoms with E-state index in [1.165, 1.54) is 93.9 Å². The van der Waals surface area contributed by atoms with Gasteiger partial charge in [0.1, 0.15) is 11.5 Å². The van der Waals surface area contributed by atoms with Gasteiger partial charge in [-0.2, -0.15) is 0 Å². The maximum atomic E-state index is 7.13. The number of fused-ring (bicyclic) bond motifs is 16. The summed E-state index contributed by atoms with van der Waals surface area (Å²) in [4.78, 5) is 0. The first-order valence-electron chi connectivity index (χ1n) is 20.4. The zero-order chi connectivity index (χ0) is 38.7. The van der Waals surface area contributed by atoms with E-state index < -0.39 is 5.41 Å². The van der Waals surface area contributed by atoms with Gasteiger partial charge < -0.3 is 9.30 Å². The molecule has 1 aromatic heterocycles. The first-order valence-corrected chi connectivity index (χ1v) is 20.4. The number of hydrogen-bond donors (Lipinski definition) is 0. The van der Waals surface area contributed by atoms with Gasteiger partial charge in [-0.15, -0.1) is 0 Å². The van der Waals surface area contributed by atoms with E-state index in [0.29, 0.717) is 0 Å². The van der Waals surface area contributed by atoms with Gasteiger partial charge in [0.2, 0.25) is 0 Å². The monoisotopic (exact) mass is 749 g/mol. The summed E-state index contributed by atoms with van der Waals surface area (Å²) in [5.41, 5.74) is 15.4. The quantitative estimate of drug-likeness (QED) is 0.175. The van der Waals surface area contributed by atoms with E-state index in [0.717, 1.165) is 22.3 Å². The average Bonchev–Trinajstić information content (AvgIpc) is 3.79. The molecule has 2 heterocycles. The summed E-state index contributed by atoms with van der Waals surface area (Å²) in [7, 11) is 0. The SMILES string of the molecule is c1ccc(-n2c3ccccc3c3cc(-c4ccc(-c5ccc6c(c5)-c5ccccc5C65c6ccc7ccccc7c6Oc6c5ccc5ccccc65)cc4)ccc32)cc1. The molecule has 11 aromatic rings. The molecule has 13 rings (SSSR count). The molecule has 0 saturated heterocycles. The van der Waals surface area contributed by atoms with Crippen LogP contribution in [0.3, 0.4) is 0 Å². The molecule has 0 saturated carbocycles. The molecule has 1 spiro atoms. The van der Waals surface area contributed by atoms with Crippen LogP contribution in [0.15, 0.2) is 212 Å². The Balaban J connectivity index is 0.960. The number of hydrogen-bond acceptors (Lipinski definition) is 1. The number of ether oxygens (including phenoxy) is 1. The molecule has 1 aliphatic carbocycles. The summed E-state index contributed by atoms with van der Waals surface area (Å²) in [5, 5.41) is 7.13. The number of benzene rings is 10. The smallest absolute Gasteiger partial charge is 0.140 e. The maximum Gasteiger partial charge on any atom is 0.140 e. The molecular weight excluding hydrogens is 715 g/mol. The van der Waals surface area contributed by atoms with Gasteiger partial charge in [0.15, 0.2) is 0 Å². The van der Waals surface area contributed by atoms with E-state index in [4.69, 9.17) is 4.74 Å². The van der Waals surface area contributed by atoms with Crippen molar-refractivity contribution in [2.45, 2.75) is 5.41 Å². The van der Waals surface area contributed by atoms with Crippen LogP contribution < -0.4 is 4.74 Å². The van der Waals surface area contributed by atoms with Crippen molar-refractivity contribution in [3.8, 4) is 50.6 Å². The minimum Gasteiger partial charge on any atom is -0.455 e. The lowest BCUT2D eigenvalue weighted by molar-refractivity contribution is 0.447. The van der Waals surface area contributed by atoms with E-state index in [-0.39, 0.29) is 0 Å². The number of rotatable bonds is 3. The van der Waals surface area contributed by atoms with Crippen molar-refractivity contribution in [2.75, 3.05) is 0 Å². The molecule has 0 N–H and O–H groups in total. The lowest BCUT2D eigenvalue weighted by Crippen LogP contribution is -2.32. The Morgan fingerprint density at radius 2 is 0.831 bits per heavy atom. The first kappa shape index (κ1) is 32.4. The molecule has 59 heavy (non-hydrogen) atoms. The van der Waals surface area contributed by atoms with Gasteiger partial charge >= 0.3 is 0 Å². The second-order valence-corrected chi connectivity index (χ2v) is 16.0. The molecule has 10 aromatic carbocycles. The Labute approximate surface area is 341 Å². The van der Waals surface area contributed by atoms with E-state index >= 15 is 0 Å². The molecule has 0 unspecified atom stereocenters. The third-order valence-corrected chi connectivity index (χ3v) is 13.1. The van der Waals surface area contributed by atoms with Crippen LogP contribution in [0.5, 0.6) is 11.5 Å². The summed E-state index contributed by atoms with van der Waals surface area (Å²) in [6, 6.07) is 77.9. The van der Waals surface area contributed by atoms with Gasteiger partial charge in [-0.05, 0) is 91.7 Å². The van der Waals surface area contributed by atoms with Crippen molar-refractivity contribution in [1.82, 2.24) is 4.57 Å². The van der Waals surface area contributed by atoms with Gasteiger partial charge in [0.25, 0.3) is 0 Å². The van der Waals surface area contributed by atoms with Crippen molar-refractivity contribution >= 4 is 43.4 Å². The van der Waals surface area contributed by atoms with Crippen LogP contribution in [-0.2, 0) is 5.41 Å². The van der Waals surface area contributed by atoms with E-state index in [9.17, 15) is 0 Å². The number of nitrogens with zero attached hydrogens (tertiary/aromatic N) is 1. The second-order valence-electron chi connectivity index (χ2n) is 16.0. The van der Waals surface area contributed by atoms with E-state index in [1.807, 2.05) is 0 Å². The standard InChI is InChI=1S/C57H35NO/c1-2-14-42(15-3-1)58-53-21-11-9-19-46(53)48-35-41(29-33-54(48)58)37-24-22-36(23-25-37)40-28-30-50-47(34-40)45-18-8-10-20-49(45)57(50)51-31-26-38-12-4-6-16-43(38)55(51)59-56-44-17-7-5-13-39(44)27-32-52(56)57/h1-35H. The molecule has 2 aliphatic rings. The van der Waals surface area contributed by atoms with Gasteiger partial charge in [0.05, 0.1) is 16.4 Å². The molecule has 0 bridgehead atoms. The fourth-order valence-corrected chi connectivity index (χ4v) is 10.5. The number of aromatic nitrogens is 1. The first-order chi connectivity index (χ1) is 29.3. The molecular formula is C57H35NO.